The van der Waals surface area contributed by atoms with Gasteiger partial charge in [0.05, 0.1) is 0 Å². The number of allylic oxidation sites excluding steroid dienone is 2. The third-order valence-corrected chi connectivity index (χ3v) is 1.07. The van der Waals surface area contributed by atoms with Crippen molar-refractivity contribution in [3.63, 3.8) is 0 Å². The SMILES string of the molecule is C=CNC(C)=C(C)C. The Labute approximate surface area is 51.1 Å². The highest BCUT2D eigenvalue weighted by Crippen LogP contribution is 1.95. The first-order chi connectivity index (χ1) is 3.68. The van der Waals surface area contributed by atoms with Gasteiger partial charge in [-0.3, -0.25) is 0 Å². The molecule has 1 nitrogen and oxygen atoms in total. The molecule has 0 saturated heterocycles. The summed E-state index contributed by atoms with van der Waals surface area (Å²) in [4.78, 5) is 0. The fraction of sp³-hybridized carbons (Fsp3) is 0.429. The van der Waals surface area contributed by atoms with E-state index in [0.29, 0.717) is 0 Å². The minimum atomic E-state index is 1.18. The molecule has 0 spiro atoms. The maximum Gasteiger partial charge on any atom is 0.0101 e. The lowest BCUT2D eigenvalue weighted by Crippen LogP contribution is -2.00. The lowest BCUT2D eigenvalue weighted by molar-refractivity contribution is 1.02. The predicted molar refractivity (Wildman–Crippen MR) is 37.4 cm³/mol. The van der Waals surface area contributed by atoms with Crippen LogP contribution in [0.5, 0.6) is 0 Å². The van der Waals surface area contributed by atoms with Gasteiger partial charge in [-0.05, 0) is 27.0 Å². The summed E-state index contributed by atoms with van der Waals surface area (Å²) < 4.78 is 0. The monoisotopic (exact) mass is 111 g/mol. The summed E-state index contributed by atoms with van der Waals surface area (Å²) in [7, 11) is 0. The van der Waals surface area contributed by atoms with E-state index in [2.05, 4.69) is 25.7 Å². The molecule has 0 aromatic heterocycles. The Balaban J connectivity index is 3.79. The van der Waals surface area contributed by atoms with E-state index in [1.54, 1.807) is 6.20 Å². The quantitative estimate of drug-likeness (QED) is 0.575. The van der Waals surface area contributed by atoms with Gasteiger partial charge < -0.3 is 5.32 Å². The molecule has 46 valence electrons. The zero-order chi connectivity index (χ0) is 6.57. The summed E-state index contributed by atoms with van der Waals surface area (Å²) in [6.07, 6.45) is 1.68. The first-order valence-electron chi connectivity index (χ1n) is 2.70. The summed E-state index contributed by atoms with van der Waals surface area (Å²) in [5.41, 5.74) is 2.48. The van der Waals surface area contributed by atoms with Crippen molar-refractivity contribution in [3.8, 4) is 0 Å². The van der Waals surface area contributed by atoms with E-state index in [-0.39, 0.29) is 0 Å². The second kappa shape index (κ2) is 3.30. The van der Waals surface area contributed by atoms with Gasteiger partial charge >= 0.3 is 0 Å². The van der Waals surface area contributed by atoms with Crippen molar-refractivity contribution >= 4 is 0 Å². The number of hydrogen-bond acceptors (Lipinski definition) is 1. The Morgan fingerprint density at radius 3 is 2.00 bits per heavy atom. The highest BCUT2D eigenvalue weighted by atomic mass is 14.8. The van der Waals surface area contributed by atoms with Gasteiger partial charge in [-0.2, -0.15) is 0 Å². The summed E-state index contributed by atoms with van der Waals surface area (Å²) in [6.45, 7) is 9.69. The second-order valence-corrected chi connectivity index (χ2v) is 1.97. The summed E-state index contributed by atoms with van der Waals surface area (Å²) in [5, 5.41) is 2.99. The molecule has 1 N–H and O–H groups in total. The van der Waals surface area contributed by atoms with Gasteiger partial charge in [0.25, 0.3) is 0 Å². The van der Waals surface area contributed by atoms with Crippen LogP contribution in [0.4, 0.5) is 0 Å². The van der Waals surface area contributed by atoms with Crippen LogP contribution in [0.3, 0.4) is 0 Å². The lowest BCUT2D eigenvalue weighted by Gasteiger charge is -1.99. The topological polar surface area (TPSA) is 12.0 Å². The molecular formula is C7H13N. The number of nitrogens with one attached hydrogen (secondary N) is 1. The normalized spacial score (nSPS) is 7.88. The van der Waals surface area contributed by atoms with Crippen LogP contribution in [-0.4, -0.2) is 0 Å². The van der Waals surface area contributed by atoms with Crippen molar-refractivity contribution in [2.75, 3.05) is 0 Å². The Bertz CT molecular complexity index is 108. The summed E-state index contributed by atoms with van der Waals surface area (Å²) in [6, 6.07) is 0. The maximum absolute atomic E-state index is 3.54. The van der Waals surface area contributed by atoms with Crippen LogP contribution in [0.2, 0.25) is 0 Å². The van der Waals surface area contributed by atoms with Gasteiger partial charge in [0.1, 0.15) is 0 Å². The maximum atomic E-state index is 3.54. The lowest BCUT2D eigenvalue weighted by atomic mass is 10.3. The fourth-order valence-corrected chi connectivity index (χ4v) is 0.297. The van der Waals surface area contributed by atoms with E-state index < -0.39 is 0 Å². The van der Waals surface area contributed by atoms with Crippen molar-refractivity contribution in [3.05, 3.63) is 24.0 Å². The molecule has 0 unspecified atom stereocenters. The van der Waals surface area contributed by atoms with E-state index in [4.69, 9.17) is 0 Å². The molecule has 0 fully saturated rings. The molecule has 0 aromatic carbocycles. The molecule has 0 aliphatic heterocycles. The van der Waals surface area contributed by atoms with E-state index in [9.17, 15) is 0 Å². The van der Waals surface area contributed by atoms with Gasteiger partial charge in [-0.15, -0.1) is 0 Å². The van der Waals surface area contributed by atoms with Gasteiger partial charge in [0.2, 0.25) is 0 Å². The number of hydrogen-bond donors (Lipinski definition) is 1. The van der Waals surface area contributed by atoms with Crippen LogP contribution < -0.4 is 5.32 Å². The van der Waals surface area contributed by atoms with E-state index in [0.717, 1.165) is 0 Å². The zero-order valence-corrected chi connectivity index (χ0v) is 5.78. The molecule has 0 atom stereocenters. The molecule has 1 heteroatoms. The van der Waals surface area contributed by atoms with Crippen molar-refractivity contribution in [1.82, 2.24) is 5.32 Å². The molecule has 0 aliphatic carbocycles. The van der Waals surface area contributed by atoms with Crippen LogP contribution in [0.1, 0.15) is 20.8 Å². The highest BCUT2D eigenvalue weighted by Gasteiger charge is 1.82. The largest absolute Gasteiger partial charge is 0.366 e. The molecule has 0 bridgehead atoms. The Kier molecular flexibility index (Phi) is 3.01. The highest BCUT2D eigenvalue weighted by molar-refractivity contribution is 5.06. The van der Waals surface area contributed by atoms with E-state index >= 15 is 0 Å². The van der Waals surface area contributed by atoms with E-state index in [1.807, 2.05) is 6.92 Å². The molecule has 8 heavy (non-hydrogen) atoms. The Morgan fingerprint density at radius 2 is 1.88 bits per heavy atom. The van der Waals surface area contributed by atoms with E-state index in [1.165, 1.54) is 11.3 Å². The van der Waals surface area contributed by atoms with Gasteiger partial charge in [-0.25, -0.2) is 0 Å². The molecule has 0 heterocycles. The summed E-state index contributed by atoms with van der Waals surface area (Å²) in [5.74, 6) is 0. The van der Waals surface area contributed by atoms with Crippen molar-refractivity contribution in [1.29, 1.82) is 0 Å². The van der Waals surface area contributed by atoms with Gasteiger partial charge in [0, 0.05) is 5.70 Å². The van der Waals surface area contributed by atoms with Crippen LogP contribution in [0.15, 0.2) is 24.0 Å². The van der Waals surface area contributed by atoms with Gasteiger partial charge in [-0.1, -0.05) is 12.2 Å². The first kappa shape index (κ1) is 7.28. The smallest absolute Gasteiger partial charge is 0.0101 e. The summed E-state index contributed by atoms with van der Waals surface area (Å²) >= 11 is 0. The van der Waals surface area contributed by atoms with Crippen LogP contribution in [-0.2, 0) is 0 Å². The third kappa shape index (κ3) is 2.45. The molecule has 0 radical (unpaired) electrons. The van der Waals surface area contributed by atoms with Gasteiger partial charge in [0.15, 0.2) is 0 Å². The molecule has 0 amide bonds. The van der Waals surface area contributed by atoms with Crippen LogP contribution in [0, 0.1) is 0 Å². The zero-order valence-electron chi connectivity index (χ0n) is 5.78. The first-order valence-corrected chi connectivity index (χ1v) is 2.70. The second-order valence-electron chi connectivity index (χ2n) is 1.97. The average molecular weight is 111 g/mol. The molecule has 0 aromatic rings. The molecule has 0 aliphatic rings. The van der Waals surface area contributed by atoms with Crippen molar-refractivity contribution in [2.45, 2.75) is 20.8 Å². The van der Waals surface area contributed by atoms with Crippen LogP contribution in [0.25, 0.3) is 0 Å². The average Bonchev–Trinajstić information content (AvgIpc) is 1.67. The molecule has 0 saturated carbocycles. The van der Waals surface area contributed by atoms with Crippen molar-refractivity contribution < 1.29 is 0 Å². The molecular weight excluding hydrogens is 98.1 g/mol. The minimum Gasteiger partial charge on any atom is -0.366 e. The minimum absolute atomic E-state index is 1.18. The third-order valence-electron chi connectivity index (χ3n) is 1.07. The van der Waals surface area contributed by atoms with Crippen molar-refractivity contribution in [2.24, 2.45) is 0 Å². The Hall–Kier alpha value is -0.720. The Morgan fingerprint density at radius 1 is 1.38 bits per heavy atom. The van der Waals surface area contributed by atoms with Crippen LogP contribution >= 0.6 is 0 Å². The predicted octanol–water partition coefficient (Wildman–Crippen LogP) is 2.03. The standard InChI is InChI=1S/C7H13N/c1-5-8-7(4)6(2)3/h5,8H,1H2,2-4H3. The number of rotatable bonds is 2. The molecule has 0 rings (SSSR count). The fourth-order valence-electron chi connectivity index (χ4n) is 0.297.